The van der Waals surface area contributed by atoms with E-state index in [0.717, 1.165) is 12.8 Å². The molecule has 0 aliphatic heterocycles. The van der Waals surface area contributed by atoms with Crippen LogP contribution in [0.2, 0.25) is 0 Å². The summed E-state index contributed by atoms with van der Waals surface area (Å²) in [5, 5.41) is 0. The minimum atomic E-state index is -1.32. The molecule has 0 fully saturated rings. The fraction of sp³-hybridized carbons (Fsp3) is 1.00. The molecule has 0 atom stereocenters. The summed E-state index contributed by atoms with van der Waals surface area (Å²) in [7, 11) is 4.41. The molecule has 12 heavy (non-hydrogen) atoms. The van der Waals surface area contributed by atoms with E-state index >= 15 is 0 Å². The summed E-state index contributed by atoms with van der Waals surface area (Å²) >= 11 is 0. The van der Waals surface area contributed by atoms with Crippen LogP contribution in [0.5, 0.6) is 0 Å². The van der Waals surface area contributed by atoms with E-state index in [4.69, 9.17) is 18.9 Å². The van der Waals surface area contributed by atoms with E-state index in [2.05, 4.69) is 6.92 Å². The number of unbranched alkanes of at least 4 members (excludes halogenated alkanes) is 1. The molecule has 4 heteroatoms. The maximum Gasteiger partial charge on any atom is 0.411 e. The summed E-state index contributed by atoms with van der Waals surface area (Å²) in [6.45, 7) is 2.64. The Morgan fingerprint density at radius 3 is 1.83 bits per heavy atom. The molecule has 0 unspecified atom stereocenters. The molecule has 0 aromatic carbocycles. The molecule has 0 saturated heterocycles. The Bertz CT molecular complexity index is 93.0. The summed E-state index contributed by atoms with van der Waals surface area (Å²) in [6, 6.07) is 0. The molecule has 0 aliphatic carbocycles. The maximum atomic E-state index is 5.25. The van der Waals surface area contributed by atoms with Crippen LogP contribution in [0.1, 0.15) is 19.8 Å². The van der Waals surface area contributed by atoms with Crippen LogP contribution in [0, 0.1) is 0 Å². The van der Waals surface area contributed by atoms with Gasteiger partial charge in [0.2, 0.25) is 0 Å². The quantitative estimate of drug-likeness (QED) is 0.435. The molecular weight excluding hydrogens is 160 g/mol. The molecule has 4 nitrogen and oxygen atoms in total. The van der Waals surface area contributed by atoms with Crippen LogP contribution in [0.25, 0.3) is 0 Å². The summed E-state index contributed by atoms with van der Waals surface area (Å²) < 4.78 is 20.0. The van der Waals surface area contributed by atoms with E-state index < -0.39 is 6.16 Å². The van der Waals surface area contributed by atoms with Crippen LogP contribution in [-0.4, -0.2) is 34.1 Å². The second kappa shape index (κ2) is 6.37. The minimum Gasteiger partial charge on any atom is -0.307 e. The summed E-state index contributed by atoms with van der Waals surface area (Å²) in [5.74, 6) is 0. The number of methoxy groups -OCH3 is 3. The minimum absolute atomic E-state index is 0.562. The van der Waals surface area contributed by atoms with Crippen molar-refractivity contribution in [3.05, 3.63) is 0 Å². The highest BCUT2D eigenvalue weighted by atomic mass is 17.0. The van der Waals surface area contributed by atoms with Gasteiger partial charge in [0.1, 0.15) is 0 Å². The second-order valence-electron chi connectivity index (χ2n) is 2.31. The molecule has 74 valence electrons. The van der Waals surface area contributed by atoms with Gasteiger partial charge >= 0.3 is 6.16 Å². The van der Waals surface area contributed by atoms with Gasteiger partial charge in [0.25, 0.3) is 0 Å². The molecule has 0 bridgehead atoms. The second-order valence-corrected chi connectivity index (χ2v) is 2.31. The zero-order valence-electron chi connectivity index (χ0n) is 8.25. The van der Waals surface area contributed by atoms with Crippen molar-refractivity contribution in [2.45, 2.75) is 25.9 Å². The topological polar surface area (TPSA) is 36.9 Å². The third-order valence-corrected chi connectivity index (χ3v) is 1.53. The molecule has 0 heterocycles. The van der Waals surface area contributed by atoms with E-state index in [-0.39, 0.29) is 0 Å². The zero-order chi connectivity index (χ0) is 9.45. The first-order valence-corrected chi connectivity index (χ1v) is 4.04. The lowest BCUT2D eigenvalue weighted by Gasteiger charge is -2.27. The highest BCUT2D eigenvalue weighted by Gasteiger charge is 2.30. The van der Waals surface area contributed by atoms with Crippen molar-refractivity contribution in [1.82, 2.24) is 0 Å². The van der Waals surface area contributed by atoms with Gasteiger partial charge in [-0.15, -0.1) is 0 Å². The number of rotatable bonds is 7. The van der Waals surface area contributed by atoms with E-state index in [0.29, 0.717) is 6.61 Å². The van der Waals surface area contributed by atoms with Crippen molar-refractivity contribution < 1.29 is 18.9 Å². The highest BCUT2D eigenvalue weighted by Crippen LogP contribution is 2.14. The Labute approximate surface area is 73.7 Å². The van der Waals surface area contributed by atoms with Gasteiger partial charge < -0.3 is 18.9 Å². The van der Waals surface area contributed by atoms with Crippen molar-refractivity contribution >= 4 is 0 Å². The van der Waals surface area contributed by atoms with Crippen LogP contribution in [-0.2, 0) is 18.9 Å². The SMILES string of the molecule is CCCCOC(OC)(OC)OC. The standard InChI is InChI=1S/C8H18O4/c1-5-6-7-12-8(9-2,10-3)11-4/h5-7H2,1-4H3. The number of ether oxygens (including phenoxy) is 4. The van der Waals surface area contributed by atoms with Crippen LogP contribution in [0.15, 0.2) is 0 Å². The lowest BCUT2D eigenvalue weighted by molar-refractivity contribution is -0.479. The van der Waals surface area contributed by atoms with Crippen LogP contribution in [0.3, 0.4) is 0 Å². The third-order valence-electron chi connectivity index (χ3n) is 1.53. The van der Waals surface area contributed by atoms with Gasteiger partial charge in [-0.25, -0.2) is 0 Å². The molecule has 0 saturated carbocycles. The van der Waals surface area contributed by atoms with Gasteiger partial charge in [0, 0.05) is 21.3 Å². The fourth-order valence-corrected chi connectivity index (χ4v) is 0.768. The number of hydrogen-bond acceptors (Lipinski definition) is 4. The Hall–Kier alpha value is -0.160. The Morgan fingerprint density at radius 2 is 1.50 bits per heavy atom. The van der Waals surface area contributed by atoms with Crippen LogP contribution in [0.4, 0.5) is 0 Å². The van der Waals surface area contributed by atoms with E-state index in [9.17, 15) is 0 Å². The summed E-state index contributed by atoms with van der Waals surface area (Å²) in [4.78, 5) is 0. The highest BCUT2D eigenvalue weighted by molar-refractivity contribution is 4.38. The predicted molar refractivity (Wildman–Crippen MR) is 44.6 cm³/mol. The molecule has 0 N–H and O–H groups in total. The molecule has 0 amide bonds. The smallest absolute Gasteiger partial charge is 0.307 e. The maximum absolute atomic E-state index is 5.25. The van der Waals surface area contributed by atoms with Gasteiger partial charge in [0.05, 0.1) is 6.61 Å². The molecular formula is C8H18O4. The number of hydrogen-bond donors (Lipinski definition) is 0. The van der Waals surface area contributed by atoms with Crippen molar-refractivity contribution in [2.75, 3.05) is 27.9 Å². The molecule has 0 radical (unpaired) electrons. The van der Waals surface area contributed by atoms with Gasteiger partial charge in [-0.1, -0.05) is 13.3 Å². The van der Waals surface area contributed by atoms with Gasteiger partial charge in [-0.2, -0.15) is 0 Å². The van der Waals surface area contributed by atoms with Crippen molar-refractivity contribution in [2.24, 2.45) is 0 Å². The van der Waals surface area contributed by atoms with Crippen LogP contribution >= 0.6 is 0 Å². The lowest BCUT2D eigenvalue weighted by atomic mass is 10.4. The average Bonchev–Trinajstić information content (AvgIpc) is 2.14. The first kappa shape index (κ1) is 11.8. The Balaban J connectivity index is 3.76. The average molecular weight is 178 g/mol. The van der Waals surface area contributed by atoms with E-state index in [1.165, 1.54) is 21.3 Å². The van der Waals surface area contributed by atoms with Gasteiger partial charge in [0.15, 0.2) is 0 Å². The normalized spacial score (nSPS) is 12.0. The predicted octanol–water partition coefficient (Wildman–Crippen LogP) is 1.35. The fourth-order valence-electron chi connectivity index (χ4n) is 0.768. The van der Waals surface area contributed by atoms with Gasteiger partial charge in [-0.3, -0.25) is 0 Å². The molecule has 0 aromatic rings. The lowest BCUT2D eigenvalue weighted by Crippen LogP contribution is -2.39. The third kappa shape index (κ3) is 3.49. The van der Waals surface area contributed by atoms with E-state index in [1.54, 1.807) is 0 Å². The van der Waals surface area contributed by atoms with Crippen LogP contribution < -0.4 is 0 Å². The molecule has 0 aromatic heterocycles. The van der Waals surface area contributed by atoms with Gasteiger partial charge in [-0.05, 0) is 6.42 Å². The molecule has 0 aliphatic rings. The first-order chi connectivity index (χ1) is 5.74. The Morgan fingerprint density at radius 1 is 1.00 bits per heavy atom. The van der Waals surface area contributed by atoms with Crippen molar-refractivity contribution in [1.29, 1.82) is 0 Å². The Kier molecular flexibility index (Phi) is 6.28. The summed E-state index contributed by atoms with van der Waals surface area (Å²) in [5.41, 5.74) is 0. The monoisotopic (exact) mass is 178 g/mol. The molecule has 0 spiro atoms. The molecule has 0 rings (SSSR count). The van der Waals surface area contributed by atoms with Crippen molar-refractivity contribution in [3.63, 3.8) is 0 Å². The summed E-state index contributed by atoms with van der Waals surface area (Å²) in [6.07, 6.45) is 0.695. The van der Waals surface area contributed by atoms with E-state index in [1.807, 2.05) is 0 Å². The first-order valence-electron chi connectivity index (χ1n) is 4.04. The zero-order valence-corrected chi connectivity index (χ0v) is 8.25. The van der Waals surface area contributed by atoms with Crippen molar-refractivity contribution in [3.8, 4) is 0 Å². The largest absolute Gasteiger partial charge is 0.411 e.